The number of pyridine rings is 1. The van der Waals surface area contributed by atoms with Crippen molar-refractivity contribution >= 4 is 4.29 Å². The zero-order valence-electron chi connectivity index (χ0n) is 3.61. The molecule has 0 unspecified atom stereocenters. The zero-order chi connectivity index (χ0) is 5.11. The molecule has 0 fully saturated rings. The van der Waals surface area contributed by atoms with E-state index in [-0.39, 0.29) is 0 Å². The summed E-state index contributed by atoms with van der Waals surface area (Å²) in [6.45, 7) is 0. The number of hydrogen-bond acceptors (Lipinski definition) is 1. The van der Waals surface area contributed by atoms with Gasteiger partial charge in [-0.15, -0.1) is 0 Å². The molecule has 1 aromatic rings. The van der Waals surface area contributed by atoms with E-state index in [0.717, 1.165) is 4.29 Å². The molecule has 0 aliphatic heterocycles. The van der Waals surface area contributed by atoms with Gasteiger partial charge in [-0.05, 0) is 0 Å². The fourth-order valence-electron chi connectivity index (χ4n) is 0.338. The van der Waals surface area contributed by atoms with Crippen molar-refractivity contribution in [3.05, 3.63) is 24.4 Å². The van der Waals surface area contributed by atoms with Gasteiger partial charge in [-0.25, -0.2) is 0 Å². The second kappa shape index (κ2) is 2.18. The Bertz CT molecular complexity index is 138. The van der Waals surface area contributed by atoms with Gasteiger partial charge in [0, 0.05) is 0 Å². The van der Waals surface area contributed by atoms with E-state index in [1.165, 1.54) is 0 Å². The Kier molecular flexibility index (Phi) is 1.53. The van der Waals surface area contributed by atoms with E-state index in [9.17, 15) is 0 Å². The third-order valence-corrected chi connectivity index (χ3v) is 1.14. The fourth-order valence-corrected chi connectivity index (χ4v) is 0.635. The Morgan fingerprint density at radius 1 is 1.43 bits per heavy atom. The summed E-state index contributed by atoms with van der Waals surface area (Å²) < 4.78 is 1.00. The molecule has 0 aliphatic carbocycles. The van der Waals surface area contributed by atoms with Gasteiger partial charge >= 0.3 is 52.0 Å². The zero-order valence-corrected chi connectivity index (χ0v) is 5.35. The van der Waals surface area contributed by atoms with Crippen LogP contribution in [0.2, 0.25) is 0 Å². The average molecular weight is 179 g/mol. The summed E-state index contributed by atoms with van der Waals surface area (Å²) in [5, 5.41) is 0. The van der Waals surface area contributed by atoms with Gasteiger partial charge in [-0.2, -0.15) is 0 Å². The molecular weight excluding hydrogens is 175 g/mol. The first-order valence-corrected chi connectivity index (χ1v) is 2.82. The third kappa shape index (κ3) is 1.36. The molecule has 1 aromatic heterocycles. The van der Waals surface area contributed by atoms with Crippen molar-refractivity contribution in [2.75, 3.05) is 0 Å². The Morgan fingerprint density at radius 2 is 2.29 bits per heavy atom. The molecule has 0 N–H and O–H groups in total. The van der Waals surface area contributed by atoms with E-state index in [1.807, 2.05) is 18.2 Å². The van der Waals surface area contributed by atoms with Crippen molar-refractivity contribution < 1.29 is 18.3 Å². The molecule has 37 valence electrons. The first kappa shape index (κ1) is 4.92. The van der Waals surface area contributed by atoms with Crippen LogP contribution in [0.15, 0.2) is 24.4 Å². The van der Waals surface area contributed by atoms with E-state index < -0.39 is 0 Å². The number of nitrogens with zero attached hydrogens (tertiary/aromatic N) is 1. The van der Waals surface area contributed by atoms with Gasteiger partial charge in [0.2, 0.25) is 0 Å². The molecule has 0 amide bonds. The molecule has 1 heterocycles. The van der Waals surface area contributed by atoms with E-state index in [1.54, 1.807) is 6.20 Å². The Balaban J connectivity index is 3.02. The van der Waals surface area contributed by atoms with Crippen LogP contribution in [0.4, 0.5) is 0 Å². The summed E-state index contributed by atoms with van der Waals surface area (Å²) in [6.07, 6.45) is 1.77. The van der Waals surface area contributed by atoms with Gasteiger partial charge in [0.1, 0.15) is 0 Å². The van der Waals surface area contributed by atoms with Crippen LogP contribution in [-0.4, -0.2) is 4.98 Å². The summed E-state index contributed by atoms with van der Waals surface area (Å²) in [6, 6.07) is 5.80. The van der Waals surface area contributed by atoms with Crippen LogP contribution in [0.1, 0.15) is 0 Å². The van der Waals surface area contributed by atoms with Crippen molar-refractivity contribution in [1.29, 1.82) is 0 Å². The van der Waals surface area contributed by atoms with Gasteiger partial charge < -0.3 is 0 Å². The third-order valence-electron chi connectivity index (χ3n) is 0.622. The topological polar surface area (TPSA) is 12.9 Å². The molecule has 0 aliphatic rings. The molecule has 1 nitrogen and oxygen atoms in total. The molecule has 0 bridgehead atoms. The second-order valence-electron chi connectivity index (χ2n) is 1.14. The first-order chi connectivity index (χ1) is 3.39. The van der Waals surface area contributed by atoms with Crippen LogP contribution >= 0.6 is 0 Å². The number of hydrogen-bond donors (Lipinski definition) is 0. The monoisotopic (exact) mass is 180 g/mol. The van der Waals surface area contributed by atoms with Crippen molar-refractivity contribution in [2.45, 2.75) is 0 Å². The molecule has 0 atom stereocenters. The SMILES string of the molecule is [Ru][c]1ccccn1. The van der Waals surface area contributed by atoms with Crippen LogP contribution in [0.25, 0.3) is 0 Å². The van der Waals surface area contributed by atoms with E-state index in [4.69, 9.17) is 0 Å². The quantitative estimate of drug-likeness (QED) is 0.520. The summed E-state index contributed by atoms with van der Waals surface area (Å²) in [4.78, 5) is 3.95. The van der Waals surface area contributed by atoms with Crippen molar-refractivity contribution in [3.63, 3.8) is 0 Å². The summed E-state index contributed by atoms with van der Waals surface area (Å²) >= 11 is 2.43. The van der Waals surface area contributed by atoms with E-state index >= 15 is 0 Å². The summed E-state index contributed by atoms with van der Waals surface area (Å²) in [5.74, 6) is 0. The van der Waals surface area contributed by atoms with E-state index in [0.29, 0.717) is 0 Å². The van der Waals surface area contributed by atoms with Gasteiger partial charge in [0.05, 0.1) is 0 Å². The predicted octanol–water partition coefficient (Wildman–Crippen LogP) is 0.254. The van der Waals surface area contributed by atoms with Crippen molar-refractivity contribution in [3.8, 4) is 0 Å². The van der Waals surface area contributed by atoms with Crippen LogP contribution in [0.5, 0.6) is 0 Å². The predicted molar refractivity (Wildman–Crippen MR) is 23.9 cm³/mol. The molecule has 7 heavy (non-hydrogen) atoms. The molecule has 0 radical (unpaired) electrons. The molecular formula is C5H4NRu. The Hall–Kier alpha value is -0.227. The minimum atomic E-state index is 1.00. The van der Waals surface area contributed by atoms with Crippen LogP contribution in [0.3, 0.4) is 0 Å². The number of aromatic nitrogens is 1. The molecule has 0 spiro atoms. The molecule has 0 saturated carbocycles. The number of rotatable bonds is 0. The fraction of sp³-hybridized carbons (Fsp3) is 0. The maximum atomic E-state index is 3.95. The normalized spacial score (nSPS) is 8.71. The van der Waals surface area contributed by atoms with Crippen LogP contribution in [0, 0.1) is 0 Å². The van der Waals surface area contributed by atoms with Crippen molar-refractivity contribution in [2.24, 2.45) is 0 Å². The van der Waals surface area contributed by atoms with Gasteiger partial charge in [0.25, 0.3) is 0 Å². The molecule has 1 rings (SSSR count). The Labute approximate surface area is 52.5 Å². The van der Waals surface area contributed by atoms with Gasteiger partial charge in [-0.1, -0.05) is 0 Å². The average Bonchev–Trinajstić information content (AvgIpc) is 1.69. The van der Waals surface area contributed by atoms with Gasteiger partial charge in [0.15, 0.2) is 0 Å². The van der Waals surface area contributed by atoms with Crippen LogP contribution in [-0.2, 0) is 18.3 Å². The molecule has 0 saturated heterocycles. The maximum absolute atomic E-state index is 3.95. The van der Waals surface area contributed by atoms with E-state index in [2.05, 4.69) is 23.3 Å². The van der Waals surface area contributed by atoms with Crippen molar-refractivity contribution in [1.82, 2.24) is 4.98 Å². The molecule has 2 heteroatoms. The van der Waals surface area contributed by atoms with Crippen LogP contribution < -0.4 is 4.29 Å². The second-order valence-corrected chi connectivity index (χ2v) is 2.03. The summed E-state index contributed by atoms with van der Waals surface area (Å²) in [5.41, 5.74) is 0. The summed E-state index contributed by atoms with van der Waals surface area (Å²) in [7, 11) is 0. The first-order valence-electron chi connectivity index (χ1n) is 1.95. The standard InChI is InChI=1S/C5H4N.Ru/c1-2-4-6-5-3-1;/h1-4H;. The Morgan fingerprint density at radius 3 is 2.57 bits per heavy atom. The minimum absolute atomic E-state index is 1.00. The van der Waals surface area contributed by atoms with Gasteiger partial charge in [-0.3, -0.25) is 0 Å². The molecule has 0 aromatic carbocycles.